The molecule has 46 heavy (non-hydrogen) atoms. The lowest BCUT2D eigenvalue weighted by Crippen LogP contribution is -2.57. The Kier molecular flexibility index (Phi) is 12.4. The molecule has 3 aliphatic rings. The Balaban J connectivity index is 0.00000240. The number of hydrogen-bond acceptors (Lipinski definition) is 4. The molecule has 248 valence electrons. The minimum Gasteiger partial charge on any atom is -0.412 e. The quantitative estimate of drug-likeness (QED) is 0.313. The third-order valence-electron chi connectivity index (χ3n) is 9.54. The second-order valence-corrected chi connectivity index (χ2v) is 13.1. The molecule has 3 amide bonds. The zero-order valence-corrected chi connectivity index (χ0v) is 28.3. The largest absolute Gasteiger partial charge is 0.412 e. The Morgan fingerprint density at radius 2 is 1.50 bits per heavy atom. The molecule has 3 fully saturated rings. The first-order chi connectivity index (χ1) is 21.4. The van der Waals surface area contributed by atoms with Gasteiger partial charge in [0.1, 0.15) is 12.2 Å². The number of nitrogens with zero attached hydrogens (tertiary/aromatic N) is 3. The molecule has 8 nitrogen and oxygen atoms in total. The number of hydrogen-bond donors (Lipinski definition) is 1. The van der Waals surface area contributed by atoms with Crippen LogP contribution in [0.5, 0.6) is 0 Å². The first-order valence-electron chi connectivity index (χ1n) is 15.6. The monoisotopic (exact) mass is 688 g/mol. The molecule has 1 atom stereocenters. The van der Waals surface area contributed by atoms with Gasteiger partial charge in [0.05, 0.1) is 22.1 Å². The van der Waals surface area contributed by atoms with Gasteiger partial charge in [-0.15, -0.1) is 12.4 Å². The third-order valence-corrected chi connectivity index (χ3v) is 10.3. The maximum absolute atomic E-state index is 13.3. The smallest absolute Gasteiger partial charge is 0.318 e. The highest BCUT2D eigenvalue weighted by molar-refractivity contribution is 6.42. The number of likely N-dealkylation sites (tertiary alicyclic amines) is 2. The van der Waals surface area contributed by atoms with Gasteiger partial charge in [0.15, 0.2) is 0 Å². The summed E-state index contributed by atoms with van der Waals surface area (Å²) in [5, 5.41) is 4.42. The summed E-state index contributed by atoms with van der Waals surface area (Å²) >= 11 is 12.8. The number of carbonyl (C=O) groups is 2. The van der Waals surface area contributed by atoms with Gasteiger partial charge in [0, 0.05) is 39.3 Å². The highest BCUT2D eigenvalue weighted by Gasteiger charge is 2.43. The zero-order valence-electron chi connectivity index (χ0n) is 25.9. The van der Waals surface area contributed by atoms with E-state index in [4.69, 9.17) is 27.9 Å². The number of rotatable bonds is 8. The highest BCUT2D eigenvalue weighted by Crippen LogP contribution is 2.39. The van der Waals surface area contributed by atoms with Crippen LogP contribution in [0, 0.1) is 0 Å². The lowest BCUT2D eigenvalue weighted by molar-refractivity contribution is -0.169. The van der Waals surface area contributed by atoms with Gasteiger partial charge in [-0.3, -0.25) is 4.79 Å². The lowest BCUT2D eigenvalue weighted by Gasteiger charge is -2.46. The minimum absolute atomic E-state index is 0. The summed E-state index contributed by atoms with van der Waals surface area (Å²) in [7, 11) is 0. The zero-order chi connectivity index (χ0) is 30.6. The van der Waals surface area contributed by atoms with E-state index in [1.807, 2.05) is 58.3 Å². The van der Waals surface area contributed by atoms with E-state index in [0.29, 0.717) is 29.6 Å². The van der Waals surface area contributed by atoms with Gasteiger partial charge in [0.2, 0.25) is 5.91 Å². The van der Waals surface area contributed by atoms with Crippen LogP contribution in [0.3, 0.4) is 0 Å². The fraction of sp³-hybridized carbons (Fsp3) is 0.429. The summed E-state index contributed by atoms with van der Waals surface area (Å²) in [6.45, 7) is 5.04. The van der Waals surface area contributed by atoms with Crippen molar-refractivity contribution in [3.63, 3.8) is 0 Å². The van der Waals surface area contributed by atoms with Crippen LogP contribution >= 0.6 is 35.6 Å². The van der Waals surface area contributed by atoms with Crippen molar-refractivity contribution in [2.45, 2.75) is 49.8 Å². The van der Waals surface area contributed by atoms with Gasteiger partial charge >= 0.3 is 6.03 Å². The van der Waals surface area contributed by atoms with E-state index in [9.17, 15) is 9.59 Å². The number of benzene rings is 3. The molecule has 3 saturated heterocycles. The van der Waals surface area contributed by atoms with Crippen LogP contribution in [0.1, 0.15) is 48.8 Å². The predicted molar refractivity (Wildman–Crippen MR) is 185 cm³/mol. The molecule has 0 bridgehead atoms. The number of piperidine rings is 1. The molecule has 3 aromatic rings. The Labute approximate surface area is 287 Å². The van der Waals surface area contributed by atoms with Crippen molar-refractivity contribution in [3.8, 4) is 0 Å². The molecular formula is C35H43Cl3N4O4. The van der Waals surface area contributed by atoms with Crippen LogP contribution in [0.4, 0.5) is 4.79 Å². The molecule has 11 heteroatoms. The van der Waals surface area contributed by atoms with E-state index < -0.39 is 11.1 Å². The molecule has 6 rings (SSSR count). The van der Waals surface area contributed by atoms with Gasteiger partial charge in [-0.1, -0.05) is 89.9 Å². The van der Waals surface area contributed by atoms with Crippen molar-refractivity contribution in [2.24, 2.45) is 0 Å². The number of carbonyl (C=O) groups excluding carboxylic acids is 2. The van der Waals surface area contributed by atoms with Crippen molar-refractivity contribution >= 4 is 47.5 Å². The lowest BCUT2D eigenvalue weighted by atomic mass is 9.80. The average molecular weight is 690 g/mol. The third kappa shape index (κ3) is 7.98. The van der Waals surface area contributed by atoms with Crippen molar-refractivity contribution in [1.82, 2.24) is 20.0 Å². The summed E-state index contributed by atoms with van der Waals surface area (Å²) in [5.74, 6) is -0.0242. The predicted octanol–water partition coefficient (Wildman–Crippen LogP) is 6.03. The normalized spacial score (nSPS) is 21.3. The van der Waals surface area contributed by atoms with Gasteiger partial charge in [-0.25, -0.2) is 4.79 Å². The van der Waals surface area contributed by atoms with Gasteiger partial charge in [-0.2, -0.15) is 0 Å². The molecule has 0 radical (unpaired) electrons. The van der Waals surface area contributed by atoms with E-state index in [2.05, 4.69) is 34.5 Å². The van der Waals surface area contributed by atoms with Crippen LogP contribution in [0.15, 0.2) is 78.9 Å². The van der Waals surface area contributed by atoms with E-state index in [1.54, 1.807) is 6.07 Å². The van der Waals surface area contributed by atoms with Crippen LogP contribution in [0.25, 0.3) is 0 Å². The van der Waals surface area contributed by atoms with Crippen LogP contribution < -0.4 is 5.32 Å². The van der Waals surface area contributed by atoms with Gasteiger partial charge < -0.3 is 30.2 Å². The van der Waals surface area contributed by atoms with E-state index in [-0.39, 0.29) is 36.4 Å². The molecule has 0 aliphatic carbocycles. The Morgan fingerprint density at radius 1 is 0.848 bits per heavy atom. The summed E-state index contributed by atoms with van der Waals surface area (Å²) < 4.78 is 6.46. The van der Waals surface area contributed by atoms with Crippen molar-refractivity contribution in [3.05, 3.63) is 106 Å². The van der Waals surface area contributed by atoms with Gasteiger partial charge in [0.25, 0.3) is 0 Å². The number of halogens is 3. The first kappa shape index (κ1) is 36.0. The van der Waals surface area contributed by atoms with Crippen molar-refractivity contribution in [2.75, 3.05) is 45.9 Å². The molecular weight excluding hydrogens is 647 g/mol. The maximum atomic E-state index is 13.3. The molecule has 3 N–H and O–H groups in total. The Morgan fingerprint density at radius 3 is 2.15 bits per heavy atom. The standard InChI is InChI=1S/C35H40Cl2N4O3.ClH.H2O/c36-30-14-13-29(23-31(30)37)35(26-41(32(42)25-44-35)24-27-9-3-1-4-10-27)17-22-39-20-15-34(16-21-39,28-11-5-2-6-12-28)38-33(43)40-18-7-8-19-40;;/h1-6,9-14,23H,7-8,15-22,24-26H2,(H,38,43);1H;1H2. The van der Waals surface area contributed by atoms with Crippen molar-refractivity contribution < 1.29 is 19.8 Å². The van der Waals surface area contributed by atoms with E-state index in [1.165, 1.54) is 0 Å². The Bertz CT molecular complexity index is 1450. The summed E-state index contributed by atoms with van der Waals surface area (Å²) in [5.41, 5.74) is 2.03. The highest BCUT2D eigenvalue weighted by atomic mass is 35.5. The summed E-state index contributed by atoms with van der Waals surface area (Å²) in [6.07, 6.45) is 4.45. The summed E-state index contributed by atoms with van der Waals surface area (Å²) in [4.78, 5) is 32.6. The molecule has 0 spiro atoms. The number of morpholine rings is 1. The SMILES string of the molecule is Cl.O.O=C1COC(CCN2CCC(NC(=O)N3CCCC3)(c3ccccc3)CC2)(c2ccc(Cl)c(Cl)c2)CN1Cc1ccccc1. The van der Waals surface area contributed by atoms with Crippen molar-refractivity contribution in [1.29, 1.82) is 0 Å². The Hall–Kier alpha value is -2.85. The molecule has 3 aromatic carbocycles. The first-order valence-corrected chi connectivity index (χ1v) is 16.4. The second-order valence-electron chi connectivity index (χ2n) is 12.3. The second kappa shape index (κ2) is 15.8. The minimum atomic E-state index is -0.727. The number of nitrogens with one attached hydrogen (secondary N) is 1. The summed E-state index contributed by atoms with van der Waals surface area (Å²) in [6, 6.07) is 26.1. The number of amides is 3. The maximum Gasteiger partial charge on any atom is 0.318 e. The molecule has 3 heterocycles. The van der Waals surface area contributed by atoms with E-state index in [0.717, 1.165) is 75.1 Å². The average Bonchev–Trinajstić information content (AvgIpc) is 3.60. The van der Waals surface area contributed by atoms with E-state index >= 15 is 0 Å². The molecule has 0 aromatic heterocycles. The molecule has 3 aliphatic heterocycles. The van der Waals surface area contributed by atoms with Crippen LogP contribution in [0.2, 0.25) is 10.0 Å². The number of urea groups is 1. The topological polar surface area (TPSA) is 96.6 Å². The number of ether oxygens (including phenoxy) is 1. The molecule has 0 saturated carbocycles. The van der Waals surface area contributed by atoms with Crippen LogP contribution in [-0.2, 0) is 27.2 Å². The fourth-order valence-corrected chi connectivity index (χ4v) is 7.17. The fourth-order valence-electron chi connectivity index (χ4n) is 6.87. The van der Waals surface area contributed by atoms with Gasteiger partial charge in [-0.05, 0) is 60.9 Å². The molecule has 1 unspecified atom stereocenters. The van der Waals surface area contributed by atoms with Crippen LogP contribution in [-0.4, -0.2) is 78.0 Å².